The van der Waals surface area contributed by atoms with E-state index >= 15 is 0 Å². The number of nitrogen functional groups attached to an aromatic ring is 1. The van der Waals surface area contributed by atoms with Gasteiger partial charge in [-0.1, -0.05) is 0 Å². The van der Waals surface area contributed by atoms with Crippen LogP contribution in [-0.2, 0) is 9.53 Å². The zero-order valence-electron chi connectivity index (χ0n) is 9.93. The van der Waals surface area contributed by atoms with Crippen molar-refractivity contribution in [1.29, 1.82) is 0 Å². The first-order valence-corrected chi connectivity index (χ1v) is 5.84. The molecule has 0 spiro atoms. The molecule has 92 valence electrons. The predicted molar refractivity (Wildman–Crippen MR) is 65.7 cm³/mol. The molecular weight excluding hydrogens is 218 g/mol. The molecule has 0 aliphatic heterocycles. The summed E-state index contributed by atoms with van der Waals surface area (Å²) in [6.07, 6.45) is 3.88. The summed E-state index contributed by atoms with van der Waals surface area (Å²) in [4.78, 5) is 17.5. The monoisotopic (exact) mass is 235 g/mol. The second kappa shape index (κ2) is 5.03. The van der Waals surface area contributed by atoms with E-state index in [1.807, 2.05) is 17.9 Å². The molecule has 0 saturated heterocycles. The minimum Gasteiger partial charge on any atom is -0.465 e. The summed E-state index contributed by atoms with van der Waals surface area (Å²) in [5.74, 6) is 0.270. The Morgan fingerprint density at radius 3 is 3.00 bits per heavy atom. The van der Waals surface area contributed by atoms with Gasteiger partial charge in [-0.2, -0.15) is 0 Å². The number of hydrogen-bond donors (Lipinski definition) is 1. The Bertz CT molecular complexity index is 404. The summed E-state index contributed by atoms with van der Waals surface area (Å²) in [5.41, 5.74) is 6.59. The molecule has 0 atom stereocenters. The van der Waals surface area contributed by atoms with Crippen LogP contribution in [0.5, 0.6) is 0 Å². The van der Waals surface area contributed by atoms with E-state index in [0.29, 0.717) is 18.5 Å². The van der Waals surface area contributed by atoms with Crippen LogP contribution in [0.15, 0.2) is 18.3 Å². The Hall–Kier alpha value is -1.78. The van der Waals surface area contributed by atoms with Gasteiger partial charge in [0.15, 0.2) is 0 Å². The molecule has 17 heavy (non-hydrogen) atoms. The average Bonchev–Trinajstić information content (AvgIpc) is 3.10. The minimum atomic E-state index is -0.199. The molecule has 1 heterocycles. The fraction of sp³-hybridized carbons (Fsp3) is 0.500. The molecule has 0 aromatic carbocycles. The van der Waals surface area contributed by atoms with Gasteiger partial charge in [0, 0.05) is 24.0 Å². The number of aromatic nitrogens is 1. The van der Waals surface area contributed by atoms with Gasteiger partial charge in [-0.25, -0.2) is 4.98 Å². The Morgan fingerprint density at radius 2 is 2.41 bits per heavy atom. The van der Waals surface area contributed by atoms with Gasteiger partial charge in [0.05, 0.1) is 6.61 Å². The van der Waals surface area contributed by atoms with Crippen LogP contribution in [0.25, 0.3) is 0 Å². The molecule has 0 unspecified atom stereocenters. The largest absolute Gasteiger partial charge is 0.465 e. The van der Waals surface area contributed by atoms with Crippen LogP contribution < -0.4 is 10.6 Å². The van der Waals surface area contributed by atoms with Crippen LogP contribution in [0, 0.1) is 0 Å². The molecule has 2 rings (SSSR count). The normalized spacial score (nSPS) is 14.4. The molecular formula is C12H17N3O2. The molecule has 2 N–H and O–H groups in total. The quantitative estimate of drug-likeness (QED) is 0.776. The van der Waals surface area contributed by atoms with E-state index < -0.39 is 0 Å². The van der Waals surface area contributed by atoms with Crippen LogP contribution in [0.4, 0.5) is 11.5 Å². The fourth-order valence-corrected chi connectivity index (χ4v) is 1.78. The van der Waals surface area contributed by atoms with Crippen LogP contribution >= 0.6 is 0 Å². The zero-order chi connectivity index (χ0) is 12.3. The summed E-state index contributed by atoms with van der Waals surface area (Å²) in [6, 6.07) is 4.09. The Morgan fingerprint density at radius 1 is 1.65 bits per heavy atom. The number of esters is 1. The molecule has 1 aromatic rings. The van der Waals surface area contributed by atoms with Crippen molar-refractivity contribution in [2.75, 3.05) is 23.8 Å². The molecule has 1 aliphatic carbocycles. The standard InChI is InChI=1S/C12H17N3O2/c1-2-17-12(16)8-15(9-3-4-9)10-5-6-14-11(13)7-10/h5-7,9H,2-4,8H2,1H3,(H2,13,14). The number of carbonyl (C=O) groups excluding carboxylic acids is 1. The van der Waals surface area contributed by atoms with Crippen molar-refractivity contribution in [3.63, 3.8) is 0 Å². The average molecular weight is 235 g/mol. The molecule has 1 aliphatic rings. The first-order chi connectivity index (χ1) is 8.20. The van der Waals surface area contributed by atoms with Crippen molar-refractivity contribution >= 4 is 17.5 Å². The molecule has 5 heteroatoms. The minimum absolute atomic E-state index is 0.199. The molecule has 0 amide bonds. The van der Waals surface area contributed by atoms with E-state index in [1.54, 1.807) is 12.3 Å². The van der Waals surface area contributed by atoms with Gasteiger partial charge in [0.2, 0.25) is 0 Å². The first-order valence-electron chi connectivity index (χ1n) is 5.84. The third-order valence-electron chi connectivity index (χ3n) is 2.69. The first kappa shape index (κ1) is 11.7. The number of pyridine rings is 1. The van der Waals surface area contributed by atoms with Gasteiger partial charge < -0.3 is 15.4 Å². The van der Waals surface area contributed by atoms with Crippen molar-refractivity contribution < 1.29 is 9.53 Å². The highest BCUT2D eigenvalue weighted by Crippen LogP contribution is 2.31. The summed E-state index contributed by atoms with van der Waals surface area (Å²) in [7, 11) is 0. The van der Waals surface area contributed by atoms with Crippen LogP contribution in [0.2, 0.25) is 0 Å². The number of ether oxygens (including phenoxy) is 1. The second-order valence-corrected chi connectivity index (χ2v) is 4.10. The highest BCUT2D eigenvalue weighted by molar-refractivity contribution is 5.76. The Labute approximate surface area is 101 Å². The highest BCUT2D eigenvalue weighted by atomic mass is 16.5. The van der Waals surface area contributed by atoms with E-state index in [-0.39, 0.29) is 12.5 Å². The lowest BCUT2D eigenvalue weighted by atomic mass is 10.3. The number of hydrogen-bond acceptors (Lipinski definition) is 5. The smallest absolute Gasteiger partial charge is 0.325 e. The topological polar surface area (TPSA) is 68.5 Å². The Kier molecular flexibility index (Phi) is 3.46. The van der Waals surface area contributed by atoms with Crippen molar-refractivity contribution in [3.8, 4) is 0 Å². The maximum Gasteiger partial charge on any atom is 0.325 e. The lowest BCUT2D eigenvalue weighted by Gasteiger charge is -2.23. The van der Waals surface area contributed by atoms with E-state index in [1.165, 1.54) is 0 Å². The number of carbonyl (C=O) groups is 1. The zero-order valence-corrected chi connectivity index (χ0v) is 9.93. The van der Waals surface area contributed by atoms with Gasteiger partial charge in [0.25, 0.3) is 0 Å². The van der Waals surface area contributed by atoms with E-state index in [0.717, 1.165) is 18.5 Å². The number of anilines is 2. The van der Waals surface area contributed by atoms with Crippen molar-refractivity contribution in [2.45, 2.75) is 25.8 Å². The maximum atomic E-state index is 11.5. The summed E-state index contributed by atoms with van der Waals surface area (Å²) in [5, 5.41) is 0. The van der Waals surface area contributed by atoms with Gasteiger partial charge >= 0.3 is 5.97 Å². The van der Waals surface area contributed by atoms with Crippen LogP contribution in [-0.4, -0.2) is 30.1 Å². The molecule has 1 saturated carbocycles. The van der Waals surface area contributed by atoms with E-state index in [2.05, 4.69) is 4.98 Å². The predicted octanol–water partition coefficient (Wildman–Crippen LogP) is 1.20. The van der Waals surface area contributed by atoms with Gasteiger partial charge in [-0.3, -0.25) is 4.79 Å². The van der Waals surface area contributed by atoms with Gasteiger partial charge in [0.1, 0.15) is 12.4 Å². The number of nitrogens with zero attached hydrogens (tertiary/aromatic N) is 2. The summed E-state index contributed by atoms with van der Waals surface area (Å²) < 4.78 is 4.97. The second-order valence-electron chi connectivity index (χ2n) is 4.10. The number of rotatable bonds is 5. The molecule has 5 nitrogen and oxygen atoms in total. The highest BCUT2D eigenvalue weighted by Gasteiger charge is 2.31. The molecule has 1 fully saturated rings. The van der Waals surface area contributed by atoms with Crippen molar-refractivity contribution in [2.24, 2.45) is 0 Å². The third kappa shape index (κ3) is 3.09. The maximum absolute atomic E-state index is 11.5. The summed E-state index contributed by atoms with van der Waals surface area (Å²) >= 11 is 0. The fourth-order valence-electron chi connectivity index (χ4n) is 1.78. The molecule has 0 radical (unpaired) electrons. The third-order valence-corrected chi connectivity index (χ3v) is 2.69. The molecule has 0 bridgehead atoms. The van der Waals surface area contributed by atoms with Gasteiger partial charge in [-0.05, 0) is 25.8 Å². The molecule has 1 aromatic heterocycles. The van der Waals surface area contributed by atoms with Crippen molar-refractivity contribution in [1.82, 2.24) is 4.98 Å². The number of nitrogens with two attached hydrogens (primary N) is 1. The van der Waals surface area contributed by atoms with E-state index in [9.17, 15) is 4.79 Å². The lowest BCUT2D eigenvalue weighted by molar-refractivity contribution is -0.141. The lowest BCUT2D eigenvalue weighted by Crippen LogP contribution is -2.33. The van der Waals surface area contributed by atoms with Gasteiger partial charge in [-0.15, -0.1) is 0 Å². The SMILES string of the molecule is CCOC(=O)CN(c1ccnc(N)c1)C1CC1. The van der Waals surface area contributed by atoms with Crippen LogP contribution in [0.1, 0.15) is 19.8 Å². The summed E-state index contributed by atoms with van der Waals surface area (Å²) in [6.45, 7) is 2.50. The van der Waals surface area contributed by atoms with Crippen LogP contribution in [0.3, 0.4) is 0 Å². The van der Waals surface area contributed by atoms with Crippen molar-refractivity contribution in [3.05, 3.63) is 18.3 Å². The Balaban J connectivity index is 2.09. The van der Waals surface area contributed by atoms with E-state index in [4.69, 9.17) is 10.5 Å².